The number of hydrogen-bond acceptors (Lipinski definition) is 2. The van der Waals surface area contributed by atoms with E-state index in [4.69, 9.17) is 4.74 Å². The van der Waals surface area contributed by atoms with Crippen molar-refractivity contribution in [1.82, 2.24) is 4.98 Å². The van der Waals surface area contributed by atoms with Gasteiger partial charge in [-0.3, -0.25) is 4.98 Å². The molecule has 0 aromatic carbocycles. The van der Waals surface area contributed by atoms with Gasteiger partial charge in [0, 0.05) is 34.0 Å². The zero-order chi connectivity index (χ0) is 9.14. The van der Waals surface area contributed by atoms with Gasteiger partial charge in [-0.2, -0.15) is 0 Å². The third-order valence-electron chi connectivity index (χ3n) is 1.65. The summed E-state index contributed by atoms with van der Waals surface area (Å²) in [5, 5.41) is 0. The highest BCUT2D eigenvalue weighted by atomic mass is 79.9. The number of hydrogen-bond donors (Lipinski definition) is 0. The maximum Gasteiger partial charge on any atom is 0.0816 e. The average molecular weight is 295 g/mol. The van der Waals surface area contributed by atoms with Crippen LogP contribution in [0.1, 0.15) is 18.6 Å². The summed E-state index contributed by atoms with van der Waals surface area (Å²) in [4.78, 5) is 4.01. The van der Waals surface area contributed by atoms with Gasteiger partial charge in [-0.05, 0) is 38.8 Å². The minimum atomic E-state index is 0.0664. The Kier molecular flexibility index (Phi) is 3.68. The van der Waals surface area contributed by atoms with E-state index in [1.54, 1.807) is 19.5 Å². The van der Waals surface area contributed by atoms with Crippen molar-refractivity contribution >= 4 is 31.9 Å². The number of rotatable bonds is 2. The lowest BCUT2D eigenvalue weighted by Gasteiger charge is -2.12. The topological polar surface area (TPSA) is 22.1 Å². The number of pyridine rings is 1. The normalized spacial score (nSPS) is 13.0. The van der Waals surface area contributed by atoms with Crippen LogP contribution in [0.5, 0.6) is 0 Å². The lowest BCUT2D eigenvalue weighted by molar-refractivity contribution is 0.118. The molecule has 0 fully saturated rings. The highest BCUT2D eigenvalue weighted by molar-refractivity contribution is 9.11. The first kappa shape index (κ1) is 10.2. The maximum absolute atomic E-state index is 5.21. The van der Waals surface area contributed by atoms with E-state index in [1.165, 1.54) is 0 Å². The molecule has 1 unspecified atom stereocenters. The minimum absolute atomic E-state index is 0.0664. The summed E-state index contributed by atoms with van der Waals surface area (Å²) in [5.74, 6) is 0. The Morgan fingerprint density at radius 3 is 2.25 bits per heavy atom. The fourth-order valence-corrected chi connectivity index (χ4v) is 2.50. The van der Waals surface area contributed by atoms with Gasteiger partial charge >= 0.3 is 0 Å². The number of halogens is 2. The lowest BCUT2D eigenvalue weighted by Crippen LogP contribution is -1.98. The van der Waals surface area contributed by atoms with E-state index in [-0.39, 0.29) is 6.10 Å². The van der Waals surface area contributed by atoms with Crippen molar-refractivity contribution in [3.63, 3.8) is 0 Å². The molecule has 0 aliphatic heterocycles. The first-order valence-corrected chi connectivity index (χ1v) is 5.07. The van der Waals surface area contributed by atoms with E-state index in [1.807, 2.05) is 6.92 Å². The van der Waals surface area contributed by atoms with Crippen LogP contribution >= 0.6 is 31.9 Å². The molecule has 12 heavy (non-hydrogen) atoms. The Balaban J connectivity index is 3.12. The molecule has 4 heteroatoms. The molecule has 0 bridgehead atoms. The highest BCUT2D eigenvalue weighted by Gasteiger charge is 2.11. The van der Waals surface area contributed by atoms with Crippen molar-refractivity contribution in [2.45, 2.75) is 13.0 Å². The van der Waals surface area contributed by atoms with E-state index in [9.17, 15) is 0 Å². The van der Waals surface area contributed by atoms with E-state index in [0.717, 1.165) is 14.5 Å². The summed E-state index contributed by atoms with van der Waals surface area (Å²) in [5.41, 5.74) is 1.09. The molecular formula is C8H9Br2NO. The van der Waals surface area contributed by atoms with Gasteiger partial charge < -0.3 is 4.74 Å². The van der Waals surface area contributed by atoms with Crippen LogP contribution in [0.3, 0.4) is 0 Å². The number of nitrogens with zero attached hydrogens (tertiary/aromatic N) is 1. The van der Waals surface area contributed by atoms with Crippen molar-refractivity contribution in [2.75, 3.05) is 7.11 Å². The van der Waals surface area contributed by atoms with E-state index >= 15 is 0 Å². The molecule has 1 rings (SSSR count). The number of ether oxygens (including phenoxy) is 1. The molecule has 0 spiro atoms. The second-order valence-corrected chi connectivity index (χ2v) is 4.10. The van der Waals surface area contributed by atoms with Crippen LogP contribution in [0.25, 0.3) is 0 Å². The van der Waals surface area contributed by atoms with Gasteiger partial charge in [0.2, 0.25) is 0 Å². The largest absolute Gasteiger partial charge is 0.377 e. The second kappa shape index (κ2) is 4.35. The molecule has 66 valence electrons. The van der Waals surface area contributed by atoms with Crippen LogP contribution in [0, 0.1) is 0 Å². The van der Waals surface area contributed by atoms with Crippen LogP contribution < -0.4 is 0 Å². The predicted octanol–water partition coefficient (Wildman–Crippen LogP) is 3.31. The Bertz CT molecular complexity index is 258. The molecule has 0 aliphatic rings. The van der Waals surface area contributed by atoms with Gasteiger partial charge in [-0.25, -0.2) is 0 Å². The fraction of sp³-hybridized carbons (Fsp3) is 0.375. The van der Waals surface area contributed by atoms with Gasteiger partial charge in [0.1, 0.15) is 0 Å². The smallest absolute Gasteiger partial charge is 0.0816 e. The SMILES string of the molecule is COC(C)c1c(Br)cncc1Br. The van der Waals surface area contributed by atoms with Crippen molar-refractivity contribution in [2.24, 2.45) is 0 Å². The molecule has 0 amide bonds. The summed E-state index contributed by atoms with van der Waals surface area (Å²) in [6.07, 6.45) is 3.59. The first-order chi connectivity index (χ1) is 5.66. The van der Waals surface area contributed by atoms with Crippen LogP contribution in [-0.4, -0.2) is 12.1 Å². The molecule has 1 heterocycles. The zero-order valence-corrected chi connectivity index (χ0v) is 10.0. The van der Waals surface area contributed by atoms with Gasteiger partial charge in [-0.1, -0.05) is 0 Å². The van der Waals surface area contributed by atoms with E-state index in [2.05, 4.69) is 36.8 Å². The number of aromatic nitrogens is 1. The van der Waals surface area contributed by atoms with Crippen LogP contribution in [0.2, 0.25) is 0 Å². The van der Waals surface area contributed by atoms with E-state index < -0.39 is 0 Å². The van der Waals surface area contributed by atoms with Crippen molar-refractivity contribution in [3.05, 3.63) is 26.9 Å². The maximum atomic E-state index is 5.21. The Morgan fingerprint density at radius 2 is 1.83 bits per heavy atom. The molecule has 0 radical (unpaired) electrons. The zero-order valence-electron chi connectivity index (χ0n) is 6.84. The van der Waals surface area contributed by atoms with Gasteiger partial charge in [0.25, 0.3) is 0 Å². The molecule has 0 saturated carbocycles. The standard InChI is InChI=1S/C8H9Br2NO/c1-5(12-2)8-6(9)3-11-4-7(8)10/h3-5H,1-2H3. The fourth-order valence-electron chi connectivity index (χ4n) is 0.928. The van der Waals surface area contributed by atoms with Crippen LogP contribution in [0.4, 0.5) is 0 Å². The Morgan fingerprint density at radius 1 is 1.33 bits per heavy atom. The molecule has 0 saturated heterocycles. The highest BCUT2D eigenvalue weighted by Crippen LogP contribution is 2.30. The third-order valence-corrected chi connectivity index (χ3v) is 2.91. The summed E-state index contributed by atoms with van der Waals surface area (Å²) in [6, 6.07) is 0. The van der Waals surface area contributed by atoms with Gasteiger partial charge in [-0.15, -0.1) is 0 Å². The van der Waals surface area contributed by atoms with Crippen molar-refractivity contribution in [1.29, 1.82) is 0 Å². The molecule has 0 N–H and O–H groups in total. The summed E-state index contributed by atoms with van der Waals surface area (Å²) >= 11 is 6.83. The van der Waals surface area contributed by atoms with Gasteiger partial charge in [0.05, 0.1) is 6.10 Å². The monoisotopic (exact) mass is 293 g/mol. The van der Waals surface area contributed by atoms with Crippen molar-refractivity contribution < 1.29 is 4.74 Å². The first-order valence-electron chi connectivity index (χ1n) is 3.48. The lowest BCUT2D eigenvalue weighted by atomic mass is 10.2. The Hall–Kier alpha value is 0.0700. The minimum Gasteiger partial charge on any atom is -0.377 e. The molecule has 2 nitrogen and oxygen atoms in total. The average Bonchev–Trinajstić information content (AvgIpc) is 2.03. The molecule has 1 atom stereocenters. The van der Waals surface area contributed by atoms with Crippen LogP contribution in [0.15, 0.2) is 21.3 Å². The predicted molar refractivity (Wildman–Crippen MR) is 55.1 cm³/mol. The Labute approximate surface area is 88.6 Å². The number of methoxy groups -OCH3 is 1. The summed E-state index contributed by atoms with van der Waals surface area (Å²) < 4.78 is 7.14. The molecule has 1 aromatic rings. The van der Waals surface area contributed by atoms with Gasteiger partial charge in [0.15, 0.2) is 0 Å². The summed E-state index contributed by atoms with van der Waals surface area (Å²) in [6.45, 7) is 1.99. The summed E-state index contributed by atoms with van der Waals surface area (Å²) in [7, 11) is 1.68. The molecule has 1 aromatic heterocycles. The second-order valence-electron chi connectivity index (χ2n) is 2.39. The third kappa shape index (κ3) is 2.06. The molecular weight excluding hydrogens is 286 g/mol. The molecule has 0 aliphatic carbocycles. The quantitative estimate of drug-likeness (QED) is 0.835. The van der Waals surface area contributed by atoms with Crippen LogP contribution in [-0.2, 0) is 4.74 Å². The van der Waals surface area contributed by atoms with E-state index in [0.29, 0.717) is 0 Å². The van der Waals surface area contributed by atoms with Crippen molar-refractivity contribution in [3.8, 4) is 0 Å².